The molecule has 1 rings (SSSR count). The van der Waals surface area contributed by atoms with Gasteiger partial charge >= 0.3 is 0 Å². The molecular weight excluding hydrogens is 138 g/mol. The number of rotatable bonds is 0. The fourth-order valence-electron chi connectivity index (χ4n) is 1.04. The molecule has 1 atom stereocenters. The maximum atomic E-state index is 5.71. The van der Waals surface area contributed by atoms with Gasteiger partial charge in [-0.3, -0.25) is 0 Å². The SMILES string of the molecule is CC1=C/C(=N/N)C(N)C=C1C. The molecule has 0 spiro atoms. The highest BCUT2D eigenvalue weighted by atomic mass is 15.1. The molecule has 0 radical (unpaired) electrons. The Hall–Kier alpha value is -1.09. The molecule has 1 aliphatic rings. The summed E-state index contributed by atoms with van der Waals surface area (Å²) >= 11 is 0. The smallest absolute Gasteiger partial charge is 0.0809 e. The molecular formula is C8H13N3. The van der Waals surface area contributed by atoms with E-state index in [2.05, 4.69) is 5.10 Å². The van der Waals surface area contributed by atoms with Gasteiger partial charge < -0.3 is 11.6 Å². The normalized spacial score (nSPS) is 28.3. The van der Waals surface area contributed by atoms with Gasteiger partial charge in [-0.2, -0.15) is 5.10 Å². The van der Waals surface area contributed by atoms with Gasteiger partial charge in [0.05, 0.1) is 11.8 Å². The molecule has 0 saturated carbocycles. The van der Waals surface area contributed by atoms with Gasteiger partial charge in [0, 0.05) is 0 Å². The van der Waals surface area contributed by atoms with Crippen LogP contribution in [0.5, 0.6) is 0 Å². The van der Waals surface area contributed by atoms with Gasteiger partial charge in [-0.15, -0.1) is 0 Å². The van der Waals surface area contributed by atoms with E-state index in [4.69, 9.17) is 11.6 Å². The van der Waals surface area contributed by atoms with Crippen molar-refractivity contribution in [3.05, 3.63) is 23.3 Å². The van der Waals surface area contributed by atoms with Crippen LogP contribution in [0.3, 0.4) is 0 Å². The van der Waals surface area contributed by atoms with E-state index in [1.807, 2.05) is 26.0 Å². The maximum Gasteiger partial charge on any atom is 0.0809 e. The van der Waals surface area contributed by atoms with Crippen molar-refractivity contribution < 1.29 is 0 Å². The van der Waals surface area contributed by atoms with E-state index < -0.39 is 0 Å². The van der Waals surface area contributed by atoms with E-state index in [9.17, 15) is 0 Å². The molecule has 1 unspecified atom stereocenters. The molecule has 11 heavy (non-hydrogen) atoms. The molecule has 0 heterocycles. The Balaban J connectivity index is 2.98. The molecule has 1 aliphatic carbocycles. The predicted molar refractivity (Wildman–Crippen MR) is 47.1 cm³/mol. The minimum absolute atomic E-state index is 0.135. The topological polar surface area (TPSA) is 64.4 Å². The van der Waals surface area contributed by atoms with Crippen LogP contribution < -0.4 is 11.6 Å². The number of allylic oxidation sites excluding steroid dienone is 2. The van der Waals surface area contributed by atoms with Gasteiger partial charge in [-0.1, -0.05) is 11.6 Å². The lowest BCUT2D eigenvalue weighted by Crippen LogP contribution is -2.30. The first-order valence-electron chi connectivity index (χ1n) is 3.55. The van der Waals surface area contributed by atoms with Crippen molar-refractivity contribution in [2.24, 2.45) is 16.7 Å². The van der Waals surface area contributed by atoms with Crippen molar-refractivity contribution in [3.63, 3.8) is 0 Å². The van der Waals surface area contributed by atoms with Crippen LogP contribution in [0.2, 0.25) is 0 Å². The zero-order chi connectivity index (χ0) is 8.43. The van der Waals surface area contributed by atoms with E-state index in [1.165, 1.54) is 11.1 Å². The Morgan fingerprint density at radius 2 is 2.00 bits per heavy atom. The summed E-state index contributed by atoms with van der Waals surface area (Å²) < 4.78 is 0. The first-order chi connectivity index (χ1) is 5.15. The van der Waals surface area contributed by atoms with Gasteiger partial charge in [-0.05, 0) is 25.5 Å². The zero-order valence-electron chi connectivity index (χ0n) is 6.83. The van der Waals surface area contributed by atoms with Crippen LogP contribution in [0.25, 0.3) is 0 Å². The number of hydrogen-bond donors (Lipinski definition) is 2. The molecule has 0 aliphatic heterocycles. The molecule has 0 bridgehead atoms. The Labute approximate surface area is 66.5 Å². The van der Waals surface area contributed by atoms with Gasteiger partial charge in [0.1, 0.15) is 0 Å². The lowest BCUT2D eigenvalue weighted by Gasteiger charge is -2.15. The second-order valence-corrected chi connectivity index (χ2v) is 2.76. The third kappa shape index (κ3) is 1.49. The van der Waals surface area contributed by atoms with Gasteiger partial charge in [-0.25, -0.2) is 0 Å². The van der Waals surface area contributed by atoms with E-state index in [1.54, 1.807) is 0 Å². The highest BCUT2D eigenvalue weighted by Crippen LogP contribution is 2.14. The average molecular weight is 151 g/mol. The van der Waals surface area contributed by atoms with Gasteiger partial charge in [0.15, 0.2) is 0 Å². The molecule has 3 heteroatoms. The minimum atomic E-state index is -0.135. The van der Waals surface area contributed by atoms with E-state index in [-0.39, 0.29) is 6.04 Å². The van der Waals surface area contributed by atoms with Crippen LogP contribution >= 0.6 is 0 Å². The molecule has 0 aromatic heterocycles. The largest absolute Gasteiger partial charge is 0.323 e. The van der Waals surface area contributed by atoms with Gasteiger partial charge in [0.2, 0.25) is 0 Å². The van der Waals surface area contributed by atoms with Crippen LogP contribution in [0.15, 0.2) is 28.4 Å². The van der Waals surface area contributed by atoms with Crippen molar-refractivity contribution in [2.45, 2.75) is 19.9 Å². The van der Waals surface area contributed by atoms with Crippen molar-refractivity contribution in [3.8, 4) is 0 Å². The monoisotopic (exact) mass is 151 g/mol. The second kappa shape index (κ2) is 2.88. The molecule has 3 nitrogen and oxygen atoms in total. The zero-order valence-corrected chi connectivity index (χ0v) is 6.83. The second-order valence-electron chi connectivity index (χ2n) is 2.76. The number of nitrogens with two attached hydrogens (primary N) is 2. The molecule has 4 N–H and O–H groups in total. The highest BCUT2D eigenvalue weighted by molar-refractivity contribution is 6.02. The van der Waals surface area contributed by atoms with Crippen LogP contribution in [-0.4, -0.2) is 11.8 Å². The van der Waals surface area contributed by atoms with Crippen LogP contribution in [0.1, 0.15) is 13.8 Å². The van der Waals surface area contributed by atoms with Crippen LogP contribution in [-0.2, 0) is 0 Å². The van der Waals surface area contributed by atoms with Crippen LogP contribution in [0, 0.1) is 0 Å². The summed E-state index contributed by atoms with van der Waals surface area (Å²) in [5.41, 5.74) is 8.83. The molecule has 0 aromatic rings. The molecule has 0 amide bonds. The number of hydrazone groups is 1. The third-order valence-corrected chi connectivity index (χ3v) is 1.91. The van der Waals surface area contributed by atoms with Crippen LogP contribution in [0.4, 0.5) is 0 Å². The first-order valence-corrected chi connectivity index (χ1v) is 3.55. The summed E-state index contributed by atoms with van der Waals surface area (Å²) in [7, 11) is 0. The van der Waals surface area contributed by atoms with E-state index >= 15 is 0 Å². The molecule has 60 valence electrons. The third-order valence-electron chi connectivity index (χ3n) is 1.91. The van der Waals surface area contributed by atoms with Crippen molar-refractivity contribution in [2.75, 3.05) is 0 Å². The summed E-state index contributed by atoms with van der Waals surface area (Å²) in [6, 6.07) is -0.135. The summed E-state index contributed by atoms with van der Waals surface area (Å²) in [6.45, 7) is 4.04. The standard InChI is InChI=1S/C8H13N3/c1-5-3-7(9)8(11-10)4-6(5)2/h3-4,7H,9-10H2,1-2H3/b11-8-. The fourth-order valence-corrected chi connectivity index (χ4v) is 1.04. The van der Waals surface area contributed by atoms with E-state index in [0.717, 1.165) is 5.71 Å². The maximum absolute atomic E-state index is 5.71. The summed E-state index contributed by atoms with van der Waals surface area (Å²) in [5, 5.41) is 3.58. The molecule has 0 fully saturated rings. The molecule has 0 saturated heterocycles. The Morgan fingerprint density at radius 3 is 2.55 bits per heavy atom. The summed E-state index contributed by atoms with van der Waals surface area (Å²) in [5.74, 6) is 5.14. The lowest BCUT2D eigenvalue weighted by atomic mass is 9.96. The summed E-state index contributed by atoms with van der Waals surface area (Å²) in [6.07, 6.45) is 3.88. The number of nitrogens with zero attached hydrogens (tertiary/aromatic N) is 1. The van der Waals surface area contributed by atoms with Crippen molar-refractivity contribution in [1.82, 2.24) is 0 Å². The van der Waals surface area contributed by atoms with Gasteiger partial charge in [0.25, 0.3) is 0 Å². The van der Waals surface area contributed by atoms with Crippen molar-refractivity contribution >= 4 is 5.71 Å². The Kier molecular flexibility index (Phi) is 2.10. The highest BCUT2D eigenvalue weighted by Gasteiger charge is 2.12. The lowest BCUT2D eigenvalue weighted by molar-refractivity contribution is 1.03. The van der Waals surface area contributed by atoms with Crippen molar-refractivity contribution in [1.29, 1.82) is 0 Å². The number of hydrogen-bond acceptors (Lipinski definition) is 3. The predicted octanol–water partition coefficient (Wildman–Crippen LogP) is 0.535. The summed E-state index contributed by atoms with van der Waals surface area (Å²) in [4.78, 5) is 0. The van der Waals surface area contributed by atoms with E-state index in [0.29, 0.717) is 0 Å². The Morgan fingerprint density at radius 1 is 1.36 bits per heavy atom. The quantitative estimate of drug-likeness (QED) is 0.392. The fraction of sp³-hybridized carbons (Fsp3) is 0.375. The Bertz CT molecular complexity index is 248. The molecule has 0 aromatic carbocycles. The minimum Gasteiger partial charge on any atom is -0.323 e. The first kappa shape index (κ1) is 8.01. The average Bonchev–Trinajstić information content (AvgIpc) is 1.97.